The molecule has 0 aliphatic heterocycles. The first-order valence-corrected chi connectivity index (χ1v) is 7.17. The standard InChI is InChI=1S/C13H25N7O/c1-6-15-10-16-11(19-13(4,5)9(14)21)18-12(17-10)20(7-2)8-3/h6-8H2,1-5H3,(H2,14,21)(H2,15,16,17,18,19). The van der Waals surface area contributed by atoms with Crippen molar-refractivity contribution >= 4 is 23.8 Å². The average Bonchev–Trinajstić information content (AvgIpc) is 2.39. The lowest BCUT2D eigenvalue weighted by molar-refractivity contribution is -0.121. The fourth-order valence-corrected chi connectivity index (χ4v) is 1.65. The third-order valence-electron chi connectivity index (χ3n) is 3.05. The number of anilines is 3. The van der Waals surface area contributed by atoms with Gasteiger partial charge in [-0.2, -0.15) is 15.0 Å². The molecular formula is C13H25N7O. The lowest BCUT2D eigenvalue weighted by Gasteiger charge is -2.24. The minimum Gasteiger partial charge on any atom is -0.368 e. The summed E-state index contributed by atoms with van der Waals surface area (Å²) < 4.78 is 0. The number of amides is 1. The highest BCUT2D eigenvalue weighted by Gasteiger charge is 2.26. The summed E-state index contributed by atoms with van der Waals surface area (Å²) in [5, 5.41) is 6.02. The van der Waals surface area contributed by atoms with E-state index in [9.17, 15) is 4.79 Å². The van der Waals surface area contributed by atoms with Crippen molar-refractivity contribution in [1.82, 2.24) is 15.0 Å². The van der Waals surface area contributed by atoms with E-state index in [0.717, 1.165) is 13.1 Å². The molecule has 0 aliphatic carbocycles. The Morgan fingerprint density at radius 2 is 1.71 bits per heavy atom. The number of nitrogens with zero attached hydrogens (tertiary/aromatic N) is 4. The van der Waals surface area contributed by atoms with E-state index in [1.165, 1.54) is 0 Å². The molecule has 0 unspecified atom stereocenters. The molecule has 0 saturated heterocycles. The molecule has 1 aromatic rings. The average molecular weight is 295 g/mol. The van der Waals surface area contributed by atoms with E-state index < -0.39 is 11.4 Å². The molecule has 0 aliphatic rings. The molecule has 1 aromatic heterocycles. The van der Waals surface area contributed by atoms with E-state index >= 15 is 0 Å². The van der Waals surface area contributed by atoms with Gasteiger partial charge in [-0.25, -0.2) is 0 Å². The lowest BCUT2D eigenvalue weighted by Crippen LogP contribution is -2.45. The van der Waals surface area contributed by atoms with Gasteiger partial charge in [0.25, 0.3) is 0 Å². The summed E-state index contributed by atoms with van der Waals surface area (Å²) in [5.41, 5.74) is 4.43. The second-order valence-electron chi connectivity index (χ2n) is 5.10. The maximum Gasteiger partial charge on any atom is 0.242 e. The van der Waals surface area contributed by atoms with Crippen LogP contribution < -0.4 is 21.3 Å². The van der Waals surface area contributed by atoms with Gasteiger partial charge < -0.3 is 21.3 Å². The van der Waals surface area contributed by atoms with Crippen LogP contribution in [0.1, 0.15) is 34.6 Å². The van der Waals surface area contributed by atoms with Crippen LogP contribution in [0.4, 0.5) is 17.8 Å². The molecule has 0 atom stereocenters. The van der Waals surface area contributed by atoms with Gasteiger partial charge in [0.1, 0.15) is 5.54 Å². The molecule has 0 fully saturated rings. The Kier molecular flexibility index (Phi) is 5.69. The van der Waals surface area contributed by atoms with E-state index in [4.69, 9.17) is 5.73 Å². The highest BCUT2D eigenvalue weighted by Crippen LogP contribution is 2.16. The molecule has 0 aromatic carbocycles. The number of carbonyl (C=O) groups is 1. The fraction of sp³-hybridized carbons (Fsp3) is 0.692. The summed E-state index contributed by atoms with van der Waals surface area (Å²) in [6.07, 6.45) is 0. The Morgan fingerprint density at radius 3 is 2.19 bits per heavy atom. The number of hydrogen-bond donors (Lipinski definition) is 3. The predicted octanol–water partition coefficient (Wildman–Crippen LogP) is 0.825. The summed E-state index contributed by atoms with van der Waals surface area (Å²) in [7, 11) is 0. The van der Waals surface area contributed by atoms with Crippen LogP contribution in [0, 0.1) is 0 Å². The van der Waals surface area contributed by atoms with Gasteiger partial charge in [0, 0.05) is 19.6 Å². The molecule has 1 heterocycles. The Labute approximate surface area is 125 Å². The van der Waals surface area contributed by atoms with E-state index in [2.05, 4.69) is 25.6 Å². The van der Waals surface area contributed by atoms with Crippen molar-refractivity contribution in [3.63, 3.8) is 0 Å². The van der Waals surface area contributed by atoms with Crippen molar-refractivity contribution in [2.75, 3.05) is 35.2 Å². The summed E-state index contributed by atoms with van der Waals surface area (Å²) in [6.45, 7) is 11.6. The first-order valence-electron chi connectivity index (χ1n) is 7.17. The molecule has 8 nitrogen and oxygen atoms in total. The summed E-state index contributed by atoms with van der Waals surface area (Å²) >= 11 is 0. The third-order valence-corrected chi connectivity index (χ3v) is 3.05. The smallest absolute Gasteiger partial charge is 0.242 e. The predicted molar refractivity (Wildman–Crippen MR) is 84.4 cm³/mol. The van der Waals surface area contributed by atoms with Crippen LogP contribution in [-0.2, 0) is 4.79 Å². The number of primary amides is 1. The Hall–Kier alpha value is -2.12. The highest BCUT2D eigenvalue weighted by atomic mass is 16.1. The lowest BCUT2D eigenvalue weighted by atomic mass is 10.1. The van der Waals surface area contributed by atoms with Gasteiger partial charge in [0.2, 0.25) is 23.8 Å². The van der Waals surface area contributed by atoms with Gasteiger partial charge in [0.15, 0.2) is 0 Å². The first kappa shape index (κ1) is 16.9. The number of nitrogens with two attached hydrogens (primary N) is 1. The van der Waals surface area contributed by atoms with Crippen LogP contribution >= 0.6 is 0 Å². The molecule has 118 valence electrons. The van der Waals surface area contributed by atoms with Gasteiger partial charge in [-0.1, -0.05) is 0 Å². The Bertz CT molecular complexity index is 485. The van der Waals surface area contributed by atoms with E-state index in [-0.39, 0.29) is 0 Å². The summed E-state index contributed by atoms with van der Waals surface area (Å²) in [5.74, 6) is 0.884. The van der Waals surface area contributed by atoms with Crippen molar-refractivity contribution in [1.29, 1.82) is 0 Å². The molecule has 8 heteroatoms. The molecule has 0 saturated carbocycles. The molecule has 4 N–H and O–H groups in total. The zero-order chi connectivity index (χ0) is 16.0. The van der Waals surface area contributed by atoms with Crippen molar-refractivity contribution in [2.24, 2.45) is 5.73 Å². The first-order chi connectivity index (χ1) is 9.83. The van der Waals surface area contributed by atoms with Crippen molar-refractivity contribution in [3.05, 3.63) is 0 Å². The number of aromatic nitrogens is 3. The number of hydrogen-bond acceptors (Lipinski definition) is 7. The Morgan fingerprint density at radius 1 is 1.14 bits per heavy atom. The number of rotatable bonds is 8. The van der Waals surface area contributed by atoms with Gasteiger partial charge >= 0.3 is 0 Å². The maximum atomic E-state index is 11.4. The van der Waals surface area contributed by atoms with Crippen LogP contribution in [0.15, 0.2) is 0 Å². The Balaban J connectivity index is 3.16. The van der Waals surface area contributed by atoms with Crippen molar-refractivity contribution in [2.45, 2.75) is 40.2 Å². The van der Waals surface area contributed by atoms with Crippen molar-refractivity contribution in [3.8, 4) is 0 Å². The fourth-order valence-electron chi connectivity index (χ4n) is 1.65. The van der Waals surface area contributed by atoms with Gasteiger partial charge in [-0.05, 0) is 34.6 Å². The molecule has 0 spiro atoms. The quantitative estimate of drug-likeness (QED) is 0.651. The monoisotopic (exact) mass is 295 g/mol. The molecule has 0 radical (unpaired) electrons. The number of nitrogens with one attached hydrogen (secondary N) is 2. The minimum atomic E-state index is -0.939. The zero-order valence-electron chi connectivity index (χ0n) is 13.4. The normalized spacial score (nSPS) is 11.1. The van der Waals surface area contributed by atoms with Gasteiger partial charge in [-0.3, -0.25) is 4.79 Å². The largest absolute Gasteiger partial charge is 0.368 e. The third kappa shape index (κ3) is 4.44. The van der Waals surface area contributed by atoms with Gasteiger partial charge in [0.05, 0.1) is 0 Å². The zero-order valence-corrected chi connectivity index (χ0v) is 13.4. The van der Waals surface area contributed by atoms with Crippen LogP contribution in [0.25, 0.3) is 0 Å². The van der Waals surface area contributed by atoms with Crippen molar-refractivity contribution < 1.29 is 4.79 Å². The van der Waals surface area contributed by atoms with Crippen LogP contribution in [0.5, 0.6) is 0 Å². The second kappa shape index (κ2) is 7.05. The topological polar surface area (TPSA) is 109 Å². The molecule has 1 rings (SSSR count). The van der Waals surface area contributed by atoms with E-state index in [0.29, 0.717) is 24.4 Å². The van der Waals surface area contributed by atoms with Gasteiger partial charge in [-0.15, -0.1) is 0 Å². The molecule has 0 bridgehead atoms. The molecule has 1 amide bonds. The van der Waals surface area contributed by atoms with E-state index in [1.54, 1.807) is 13.8 Å². The SMILES string of the molecule is CCNc1nc(NC(C)(C)C(N)=O)nc(N(CC)CC)n1. The maximum absolute atomic E-state index is 11.4. The van der Waals surface area contributed by atoms with E-state index in [1.807, 2.05) is 25.7 Å². The van der Waals surface area contributed by atoms with Crippen LogP contribution in [-0.4, -0.2) is 46.0 Å². The van der Waals surface area contributed by atoms with Crippen LogP contribution in [0.2, 0.25) is 0 Å². The summed E-state index contributed by atoms with van der Waals surface area (Å²) in [6, 6.07) is 0. The molecular weight excluding hydrogens is 270 g/mol. The highest BCUT2D eigenvalue weighted by molar-refractivity contribution is 5.86. The molecule has 21 heavy (non-hydrogen) atoms. The second-order valence-corrected chi connectivity index (χ2v) is 5.10. The summed E-state index contributed by atoms with van der Waals surface area (Å²) in [4.78, 5) is 26.4. The minimum absolute atomic E-state index is 0.326. The van der Waals surface area contributed by atoms with Crippen LogP contribution in [0.3, 0.4) is 0 Å². The number of carbonyl (C=O) groups excluding carboxylic acids is 1.